The lowest BCUT2D eigenvalue weighted by atomic mass is 9.99. The molecular weight excluding hydrogens is 258 g/mol. The fourth-order valence-electron chi connectivity index (χ4n) is 2.59. The van der Waals surface area contributed by atoms with Gasteiger partial charge in [-0.15, -0.1) is 11.3 Å². The molecule has 1 fully saturated rings. The zero-order chi connectivity index (χ0) is 13.2. The van der Waals surface area contributed by atoms with Gasteiger partial charge in [0.05, 0.1) is 12.0 Å². The number of hydrogen-bond donors (Lipinski definition) is 1. The Morgan fingerprint density at radius 3 is 3.21 bits per heavy atom. The molecular formula is C14H19N3OS. The maximum absolute atomic E-state index is 6.00. The standard InChI is InChI=1S/C14H19N3OS/c1-10-7-11(15)4-5-17(10)8-12-9-19-14(16-12)13-3-2-6-18-13/h2-3,6,9-11H,4-5,7-8,15H2,1H3. The SMILES string of the molecule is CC1CC(N)CCN1Cc1csc(-c2ccco2)n1. The van der Waals surface area contributed by atoms with Gasteiger partial charge in [-0.25, -0.2) is 4.98 Å². The Hall–Kier alpha value is -1.17. The summed E-state index contributed by atoms with van der Waals surface area (Å²) in [5, 5.41) is 3.08. The van der Waals surface area contributed by atoms with Gasteiger partial charge in [0.25, 0.3) is 0 Å². The Kier molecular flexibility index (Phi) is 3.68. The first-order valence-electron chi connectivity index (χ1n) is 6.70. The highest BCUT2D eigenvalue weighted by Crippen LogP contribution is 2.25. The smallest absolute Gasteiger partial charge is 0.162 e. The van der Waals surface area contributed by atoms with Crippen LogP contribution in [0, 0.1) is 0 Å². The first-order chi connectivity index (χ1) is 9.22. The molecule has 2 aromatic rings. The number of rotatable bonds is 3. The van der Waals surface area contributed by atoms with Crippen LogP contribution in [0.3, 0.4) is 0 Å². The van der Waals surface area contributed by atoms with Crippen LogP contribution < -0.4 is 5.73 Å². The summed E-state index contributed by atoms with van der Waals surface area (Å²) in [5.74, 6) is 0.852. The van der Waals surface area contributed by atoms with Crippen molar-refractivity contribution in [3.63, 3.8) is 0 Å². The molecule has 2 unspecified atom stereocenters. The molecule has 1 saturated heterocycles. The van der Waals surface area contributed by atoms with Crippen LogP contribution in [0.2, 0.25) is 0 Å². The third-order valence-corrected chi connectivity index (χ3v) is 4.61. The fraction of sp³-hybridized carbons (Fsp3) is 0.500. The summed E-state index contributed by atoms with van der Waals surface area (Å²) < 4.78 is 5.38. The number of aromatic nitrogens is 1. The lowest BCUT2D eigenvalue weighted by Crippen LogP contribution is -2.45. The summed E-state index contributed by atoms with van der Waals surface area (Å²) in [6, 6.07) is 4.74. The van der Waals surface area contributed by atoms with E-state index in [-0.39, 0.29) is 0 Å². The van der Waals surface area contributed by atoms with Crippen molar-refractivity contribution >= 4 is 11.3 Å². The highest BCUT2D eigenvalue weighted by Gasteiger charge is 2.23. The maximum Gasteiger partial charge on any atom is 0.162 e. The van der Waals surface area contributed by atoms with Crippen molar-refractivity contribution in [1.29, 1.82) is 0 Å². The molecule has 0 spiro atoms. The van der Waals surface area contributed by atoms with Crippen molar-refractivity contribution in [3.05, 3.63) is 29.5 Å². The molecule has 3 rings (SSSR count). The van der Waals surface area contributed by atoms with Gasteiger partial charge in [-0.3, -0.25) is 4.90 Å². The van der Waals surface area contributed by atoms with Crippen molar-refractivity contribution < 1.29 is 4.42 Å². The largest absolute Gasteiger partial charge is 0.462 e. The van der Waals surface area contributed by atoms with Crippen LogP contribution in [0.1, 0.15) is 25.5 Å². The number of hydrogen-bond acceptors (Lipinski definition) is 5. The van der Waals surface area contributed by atoms with Gasteiger partial charge in [0.1, 0.15) is 0 Å². The van der Waals surface area contributed by atoms with Gasteiger partial charge in [0.2, 0.25) is 0 Å². The third kappa shape index (κ3) is 2.88. The van der Waals surface area contributed by atoms with E-state index >= 15 is 0 Å². The number of thiazole rings is 1. The molecule has 1 aliphatic heterocycles. The number of furan rings is 1. The van der Waals surface area contributed by atoms with Gasteiger partial charge < -0.3 is 10.2 Å². The summed E-state index contributed by atoms with van der Waals surface area (Å²) in [6.45, 7) is 4.22. The highest BCUT2D eigenvalue weighted by atomic mass is 32.1. The van der Waals surface area contributed by atoms with E-state index < -0.39 is 0 Å². The minimum Gasteiger partial charge on any atom is -0.462 e. The van der Waals surface area contributed by atoms with E-state index in [1.165, 1.54) is 0 Å². The zero-order valence-corrected chi connectivity index (χ0v) is 11.9. The molecule has 3 heterocycles. The zero-order valence-electron chi connectivity index (χ0n) is 11.1. The fourth-order valence-corrected chi connectivity index (χ4v) is 3.37. The van der Waals surface area contributed by atoms with Crippen LogP contribution in [-0.2, 0) is 6.54 Å². The molecule has 19 heavy (non-hydrogen) atoms. The summed E-state index contributed by atoms with van der Waals surface area (Å²) in [5.41, 5.74) is 7.12. The lowest BCUT2D eigenvalue weighted by molar-refractivity contribution is 0.138. The van der Waals surface area contributed by atoms with Crippen molar-refractivity contribution in [1.82, 2.24) is 9.88 Å². The third-order valence-electron chi connectivity index (χ3n) is 3.70. The second kappa shape index (κ2) is 5.45. The van der Waals surface area contributed by atoms with E-state index in [2.05, 4.69) is 22.2 Å². The molecule has 2 N–H and O–H groups in total. The molecule has 0 saturated carbocycles. The number of nitrogens with zero attached hydrogens (tertiary/aromatic N) is 2. The maximum atomic E-state index is 6.00. The Balaban J connectivity index is 1.67. The van der Waals surface area contributed by atoms with E-state index in [1.807, 2.05) is 12.1 Å². The first kappa shape index (κ1) is 12.8. The second-order valence-electron chi connectivity index (χ2n) is 5.23. The molecule has 0 amide bonds. The quantitative estimate of drug-likeness (QED) is 0.937. The van der Waals surface area contributed by atoms with Gasteiger partial charge >= 0.3 is 0 Å². The average molecular weight is 277 g/mol. The van der Waals surface area contributed by atoms with Crippen molar-refractivity contribution in [2.24, 2.45) is 5.73 Å². The molecule has 0 radical (unpaired) electrons. The molecule has 4 nitrogen and oxygen atoms in total. The van der Waals surface area contributed by atoms with E-state index in [4.69, 9.17) is 10.2 Å². The van der Waals surface area contributed by atoms with Crippen LogP contribution in [-0.4, -0.2) is 28.5 Å². The highest BCUT2D eigenvalue weighted by molar-refractivity contribution is 7.13. The number of nitrogens with two attached hydrogens (primary N) is 1. The van der Waals surface area contributed by atoms with Crippen molar-refractivity contribution in [2.75, 3.05) is 6.54 Å². The molecule has 0 aliphatic carbocycles. The van der Waals surface area contributed by atoms with Gasteiger partial charge in [0.15, 0.2) is 10.8 Å². The monoisotopic (exact) mass is 277 g/mol. The Bertz CT molecular complexity index is 523. The second-order valence-corrected chi connectivity index (χ2v) is 6.08. The van der Waals surface area contributed by atoms with E-state index in [0.29, 0.717) is 12.1 Å². The summed E-state index contributed by atoms with van der Waals surface area (Å²) >= 11 is 1.64. The van der Waals surface area contributed by atoms with Crippen LogP contribution in [0.5, 0.6) is 0 Å². The van der Waals surface area contributed by atoms with Crippen LogP contribution in [0.15, 0.2) is 28.2 Å². The van der Waals surface area contributed by atoms with Crippen LogP contribution in [0.4, 0.5) is 0 Å². The van der Waals surface area contributed by atoms with Crippen LogP contribution >= 0.6 is 11.3 Å². The van der Waals surface area contributed by atoms with Gasteiger partial charge in [-0.1, -0.05) is 0 Å². The Labute approximate surface area is 117 Å². The normalized spacial score (nSPS) is 24.7. The minimum atomic E-state index is 0.361. The average Bonchev–Trinajstić information content (AvgIpc) is 3.03. The topological polar surface area (TPSA) is 55.3 Å². The van der Waals surface area contributed by atoms with Crippen molar-refractivity contribution in [2.45, 2.75) is 38.4 Å². The Morgan fingerprint density at radius 1 is 1.58 bits per heavy atom. The molecule has 2 atom stereocenters. The number of piperidine rings is 1. The predicted molar refractivity (Wildman–Crippen MR) is 76.9 cm³/mol. The Morgan fingerprint density at radius 2 is 2.47 bits per heavy atom. The first-order valence-corrected chi connectivity index (χ1v) is 7.58. The predicted octanol–water partition coefficient (Wildman–Crippen LogP) is 2.71. The molecule has 0 bridgehead atoms. The van der Waals surface area contributed by atoms with Gasteiger partial charge in [-0.2, -0.15) is 0 Å². The molecule has 5 heteroatoms. The molecule has 1 aliphatic rings. The lowest BCUT2D eigenvalue weighted by Gasteiger charge is -2.35. The molecule has 102 valence electrons. The molecule has 0 aromatic carbocycles. The van der Waals surface area contributed by atoms with Crippen LogP contribution in [0.25, 0.3) is 10.8 Å². The molecule has 2 aromatic heterocycles. The van der Waals surface area contributed by atoms with Gasteiger partial charge in [0, 0.05) is 30.6 Å². The summed E-state index contributed by atoms with van der Waals surface area (Å²) in [4.78, 5) is 7.11. The van der Waals surface area contributed by atoms with E-state index in [1.54, 1.807) is 17.6 Å². The van der Waals surface area contributed by atoms with E-state index in [9.17, 15) is 0 Å². The minimum absolute atomic E-state index is 0.361. The summed E-state index contributed by atoms with van der Waals surface area (Å²) in [7, 11) is 0. The summed E-state index contributed by atoms with van der Waals surface area (Å²) in [6.07, 6.45) is 3.85. The number of likely N-dealkylation sites (tertiary alicyclic amines) is 1. The van der Waals surface area contributed by atoms with E-state index in [0.717, 1.165) is 42.4 Å². The van der Waals surface area contributed by atoms with Crippen molar-refractivity contribution in [3.8, 4) is 10.8 Å². The van der Waals surface area contributed by atoms with Gasteiger partial charge in [-0.05, 0) is 31.9 Å².